The Morgan fingerprint density at radius 1 is 1.04 bits per heavy atom. The maximum atomic E-state index is 12.3. The fourth-order valence-electron chi connectivity index (χ4n) is 2.69. The van der Waals surface area contributed by atoms with Crippen molar-refractivity contribution in [1.29, 1.82) is 0 Å². The highest BCUT2D eigenvalue weighted by atomic mass is 35.5. The number of rotatable bonds is 5. The number of aryl methyl sites for hydroxylation is 2. The van der Waals surface area contributed by atoms with Crippen LogP contribution in [0.5, 0.6) is 11.5 Å². The van der Waals surface area contributed by atoms with Gasteiger partial charge in [0.2, 0.25) is 0 Å². The number of benzene rings is 2. The second-order valence-corrected chi connectivity index (χ2v) is 6.98. The molecule has 1 aromatic heterocycles. The SMILES string of the molecule is COc1cc(Cl)c(C)cc1NC(=O)COc1cc2oc(=O)cc(C)c2cc1Cl. The standard InChI is InChI=1S/C20H17Cl2NO5/c1-10-5-20(25)28-16-8-17(14(22)6-12(10)16)27-9-19(24)23-15-4-11(2)13(21)7-18(15)26-3/h4-8H,9H2,1-3H3,(H,23,24). The average molecular weight is 422 g/mol. The van der Waals surface area contributed by atoms with Crippen molar-refractivity contribution < 1.29 is 18.7 Å². The minimum absolute atomic E-state index is 0.234. The van der Waals surface area contributed by atoms with E-state index in [2.05, 4.69) is 5.32 Å². The summed E-state index contributed by atoms with van der Waals surface area (Å²) >= 11 is 12.3. The van der Waals surface area contributed by atoms with Gasteiger partial charge >= 0.3 is 5.63 Å². The Kier molecular flexibility index (Phi) is 5.82. The van der Waals surface area contributed by atoms with Crippen molar-refractivity contribution in [2.75, 3.05) is 19.0 Å². The number of ether oxygens (including phenoxy) is 2. The van der Waals surface area contributed by atoms with Gasteiger partial charge < -0.3 is 19.2 Å². The van der Waals surface area contributed by atoms with Crippen LogP contribution in [0, 0.1) is 13.8 Å². The Hall–Kier alpha value is -2.70. The molecule has 0 aliphatic carbocycles. The number of hydrogen-bond donors (Lipinski definition) is 1. The number of fused-ring (bicyclic) bond motifs is 1. The van der Waals surface area contributed by atoms with Crippen molar-refractivity contribution >= 4 is 45.8 Å². The Morgan fingerprint density at radius 2 is 1.79 bits per heavy atom. The summed E-state index contributed by atoms with van der Waals surface area (Å²) in [7, 11) is 1.48. The summed E-state index contributed by atoms with van der Waals surface area (Å²) in [5.74, 6) is 0.254. The lowest BCUT2D eigenvalue weighted by Crippen LogP contribution is -2.20. The van der Waals surface area contributed by atoms with Crippen LogP contribution in [0.4, 0.5) is 5.69 Å². The lowest BCUT2D eigenvalue weighted by atomic mass is 10.1. The second-order valence-electron chi connectivity index (χ2n) is 6.17. The van der Waals surface area contributed by atoms with Crippen molar-refractivity contribution in [2.45, 2.75) is 13.8 Å². The fraction of sp³-hybridized carbons (Fsp3) is 0.200. The molecule has 1 amide bonds. The lowest BCUT2D eigenvalue weighted by molar-refractivity contribution is -0.118. The number of anilines is 1. The van der Waals surface area contributed by atoms with Crippen molar-refractivity contribution in [1.82, 2.24) is 0 Å². The van der Waals surface area contributed by atoms with E-state index in [-0.39, 0.29) is 12.4 Å². The largest absolute Gasteiger partial charge is 0.495 e. The Labute approximate surface area is 171 Å². The van der Waals surface area contributed by atoms with E-state index >= 15 is 0 Å². The maximum Gasteiger partial charge on any atom is 0.336 e. The van der Waals surface area contributed by atoms with Crippen LogP contribution < -0.4 is 20.4 Å². The van der Waals surface area contributed by atoms with Crippen LogP contribution >= 0.6 is 23.2 Å². The third-order valence-electron chi connectivity index (χ3n) is 4.12. The summed E-state index contributed by atoms with van der Waals surface area (Å²) in [6.07, 6.45) is 0. The number of halogens is 2. The molecule has 28 heavy (non-hydrogen) atoms. The van der Waals surface area contributed by atoms with Crippen molar-refractivity contribution in [2.24, 2.45) is 0 Å². The van der Waals surface area contributed by atoms with Gasteiger partial charge in [-0.15, -0.1) is 0 Å². The zero-order chi connectivity index (χ0) is 20.4. The molecule has 1 N–H and O–H groups in total. The van der Waals surface area contributed by atoms with E-state index in [9.17, 15) is 9.59 Å². The molecule has 0 atom stereocenters. The summed E-state index contributed by atoms with van der Waals surface area (Å²) in [6, 6.07) is 7.84. The Balaban J connectivity index is 1.77. The molecule has 0 fully saturated rings. The Bertz CT molecular complexity index is 1120. The molecule has 0 aliphatic rings. The molecule has 3 aromatic rings. The minimum Gasteiger partial charge on any atom is -0.495 e. The first-order valence-electron chi connectivity index (χ1n) is 8.29. The van der Waals surface area contributed by atoms with Gasteiger partial charge in [-0.2, -0.15) is 0 Å². The first kappa shape index (κ1) is 20.0. The molecule has 0 saturated heterocycles. The maximum absolute atomic E-state index is 12.3. The lowest BCUT2D eigenvalue weighted by Gasteiger charge is -2.13. The molecule has 0 unspecified atom stereocenters. The molecule has 0 spiro atoms. The molecule has 3 rings (SSSR count). The molecule has 0 bridgehead atoms. The van der Waals surface area contributed by atoms with Crippen molar-refractivity contribution in [3.63, 3.8) is 0 Å². The van der Waals surface area contributed by atoms with E-state index < -0.39 is 11.5 Å². The number of carbonyl (C=O) groups is 1. The van der Waals surface area contributed by atoms with E-state index in [1.165, 1.54) is 19.2 Å². The highest BCUT2D eigenvalue weighted by Gasteiger charge is 2.13. The van der Waals surface area contributed by atoms with Crippen LogP contribution in [0.2, 0.25) is 10.0 Å². The van der Waals surface area contributed by atoms with E-state index in [0.29, 0.717) is 32.5 Å². The van der Waals surface area contributed by atoms with E-state index in [0.717, 1.165) is 11.1 Å². The van der Waals surface area contributed by atoms with Crippen LogP contribution in [-0.2, 0) is 4.79 Å². The highest BCUT2D eigenvalue weighted by molar-refractivity contribution is 6.33. The zero-order valence-electron chi connectivity index (χ0n) is 15.4. The fourth-order valence-corrected chi connectivity index (χ4v) is 3.06. The van der Waals surface area contributed by atoms with Crippen LogP contribution in [0.15, 0.2) is 39.5 Å². The van der Waals surface area contributed by atoms with Gasteiger partial charge in [0.15, 0.2) is 6.61 Å². The molecule has 0 aliphatic heterocycles. The first-order chi connectivity index (χ1) is 13.3. The molecule has 8 heteroatoms. The molecular weight excluding hydrogens is 405 g/mol. The number of hydrogen-bond acceptors (Lipinski definition) is 5. The molecular formula is C20H17Cl2NO5. The summed E-state index contributed by atoms with van der Waals surface area (Å²) in [6.45, 7) is 3.30. The van der Waals surface area contributed by atoms with Gasteiger partial charge in [-0.25, -0.2) is 4.79 Å². The van der Waals surface area contributed by atoms with Crippen LogP contribution in [0.25, 0.3) is 11.0 Å². The van der Waals surface area contributed by atoms with Gasteiger partial charge in [0.05, 0.1) is 17.8 Å². The van der Waals surface area contributed by atoms with E-state index in [1.807, 2.05) is 6.92 Å². The quantitative estimate of drug-likeness (QED) is 0.601. The van der Waals surface area contributed by atoms with Gasteiger partial charge in [0.25, 0.3) is 5.91 Å². The zero-order valence-corrected chi connectivity index (χ0v) is 16.9. The van der Waals surface area contributed by atoms with E-state index in [4.69, 9.17) is 37.1 Å². The number of methoxy groups -OCH3 is 1. The van der Waals surface area contributed by atoms with Gasteiger partial charge in [-0.05, 0) is 37.1 Å². The summed E-state index contributed by atoms with van der Waals surface area (Å²) < 4.78 is 15.9. The molecule has 2 aromatic carbocycles. The minimum atomic E-state index is -0.471. The summed E-state index contributed by atoms with van der Waals surface area (Å²) in [5.41, 5.74) is 1.87. The van der Waals surface area contributed by atoms with Crippen LogP contribution in [-0.4, -0.2) is 19.6 Å². The van der Waals surface area contributed by atoms with Gasteiger partial charge in [-0.1, -0.05) is 23.2 Å². The molecule has 146 valence electrons. The third-order valence-corrected chi connectivity index (χ3v) is 4.82. The molecule has 0 radical (unpaired) electrons. The van der Waals surface area contributed by atoms with Gasteiger partial charge in [-0.3, -0.25) is 4.79 Å². The topological polar surface area (TPSA) is 77.8 Å². The number of amides is 1. The number of carbonyl (C=O) groups excluding carboxylic acids is 1. The van der Waals surface area contributed by atoms with Gasteiger partial charge in [0, 0.05) is 28.6 Å². The Morgan fingerprint density at radius 3 is 2.50 bits per heavy atom. The normalized spacial score (nSPS) is 10.8. The summed E-state index contributed by atoms with van der Waals surface area (Å²) in [4.78, 5) is 23.8. The predicted molar refractivity (Wildman–Crippen MR) is 109 cm³/mol. The predicted octanol–water partition coefficient (Wildman–Crippen LogP) is 4.74. The first-order valence-corrected chi connectivity index (χ1v) is 9.05. The van der Waals surface area contributed by atoms with Crippen molar-refractivity contribution in [3.05, 3.63) is 61.9 Å². The molecule has 6 nitrogen and oxygen atoms in total. The second kappa shape index (κ2) is 8.12. The van der Waals surface area contributed by atoms with Crippen LogP contribution in [0.3, 0.4) is 0 Å². The summed E-state index contributed by atoms with van der Waals surface area (Å²) in [5, 5.41) is 4.24. The average Bonchev–Trinajstić information content (AvgIpc) is 2.63. The number of nitrogens with one attached hydrogen (secondary N) is 1. The van der Waals surface area contributed by atoms with Gasteiger partial charge in [0.1, 0.15) is 17.1 Å². The highest BCUT2D eigenvalue weighted by Crippen LogP contribution is 2.32. The van der Waals surface area contributed by atoms with Crippen LogP contribution in [0.1, 0.15) is 11.1 Å². The van der Waals surface area contributed by atoms with Crippen molar-refractivity contribution in [3.8, 4) is 11.5 Å². The monoisotopic (exact) mass is 421 g/mol. The van der Waals surface area contributed by atoms with E-state index in [1.54, 1.807) is 25.1 Å². The molecule has 1 heterocycles. The smallest absolute Gasteiger partial charge is 0.336 e. The third kappa shape index (κ3) is 4.24. The molecule has 0 saturated carbocycles.